The van der Waals surface area contributed by atoms with Crippen molar-refractivity contribution >= 4 is 29.1 Å². The number of anilines is 2. The number of benzene rings is 1. The van der Waals surface area contributed by atoms with Gasteiger partial charge in [0.15, 0.2) is 0 Å². The third-order valence-electron chi connectivity index (χ3n) is 3.96. The predicted molar refractivity (Wildman–Crippen MR) is 92.1 cm³/mol. The van der Waals surface area contributed by atoms with Crippen LogP contribution in [-0.4, -0.2) is 29.0 Å². The number of halogens is 2. The number of nitrogens with zero attached hydrogens (tertiary/aromatic N) is 3. The number of hydrogen-bond acceptors (Lipinski definition) is 4. The normalized spacial score (nSPS) is 15.0. The molecule has 0 spiro atoms. The van der Waals surface area contributed by atoms with Crippen LogP contribution in [0.3, 0.4) is 0 Å². The maximum Gasteiger partial charge on any atom is 0.257 e. The van der Waals surface area contributed by atoms with E-state index in [1.54, 1.807) is 12.4 Å². The fraction of sp³-hybridized carbons (Fsp3) is 0.353. The minimum absolute atomic E-state index is 0.0644. The maximum absolute atomic E-state index is 13.0. The Kier molecular flexibility index (Phi) is 5.25. The highest BCUT2D eigenvalue weighted by atomic mass is 35.5. The van der Waals surface area contributed by atoms with Crippen LogP contribution in [0.5, 0.6) is 0 Å². The molecule has 2 heterocycles. The average molecular weight is 349 g/mol. The van der Waals surface area contributed by atoms with E-state index >= 15 is 0 Å². The zero-order valence-corrected chi connectivity index (χ0v) is 13.9. The topological polar surface area (TPSA) is 58.1 Å². The molecule has 0 saturated carbocycles. The van der Waals surface area contributed by atoms with E-state index in [-0.39, 0.29) is 10.6 Å². The van der Waals surface area contributed by atoms with Crippen LogP contribution in [0.25, 0.3) is 0 Å². The third kappa shape index (κ3) is 4.00. The molecule has 7 heteroatoms. The average Bonchev–Trinajstić information content (AvgIpc) is 2.84. The minimum atomic E-state index is -0.485. The van der Waals surface area contributed by atoms with Gasteiger partial charge in [0.25, 0.3) is 5.91 Å². The van der Waals surface area contributed by atoms with Gasteiger partial charge in [0.2, 0.25) is 5.95 Å². The molecule has 24 heavy (non-hydrogen) atoms. The van der Waals surface area contributed by atoms with Gasteiger partial charge in [-0.25, -0.2) is 14.4 Å². The van der Waals surface area contributed by atoms with Gasteiger partial charge in [-0.3, -0.25) is 4.79 Å². The third-order valence-corrected chi connectivity index (χ3v) is 4.27. The Hall–Kier alpha value is -2.21. The number of nitrogens with one attached hydrogen (secondary N) is 1. The summed E-state index contributed by atoms with van der Waals surface area (Å²) >= 11 is 5.89. The first kappa shape index (κ1) is 16.6. The Morgan fingerprint density at radius 1 is 1.12 bits per heavy atom. The number of carbonyl (C=O) groups is 1. The molecule has 1 aliphatic rings. The molecule has 0 bridgehead atoms. The lowest BCUT2D eigenvalue weighted by Gasteiger charge is -2.19. The largest absolute Gasteiger partial charge is 0.341 e. The van der Waals surface area contributed by atoms with Gasteiger partial charge in [-0.2, -0.15) is 0 Å². The second-order valence-electron chi connectivity index (χ2n) is 5.75. The minimum Gasteiger partial charge on any atom is -0.341 e. The summed E-state index contributed by atoms with van der Waals surface area (Å²) in [6, 6.07) is 3.65. The summed E-state index contributed by atoms with van der Waals surface area (Å²) in [6.45, 7) is 1.91. The molecule has 0 unspecified atom stereocenters. The SMILES string of the molecule is O=C(Nc1cnc(N2CCCCCC2)nc1)c1ccc(F)cc1Cl. The summed E-state index contributed by atoms with van der Waals surface area (Å²) in [5.41, 5.74) is 0.675. The molecule has 2 aromatic rings. The molecule has 0 radical (unpaired) electrons. The molecule has 1 amide bonds. The quantitative estimate of drug-likeness (QED) is 0.913. The van der Waals surface area contributed by atoms with E-state index in [1.165, 1.54) is 25.0 Å². The molecule has 0 atom stereocenters. The Morgan fingerprint density at radius 2 is 1.79 bits per heavy atom. The molecule has 1 fully saturated rings. The van der Waals surface area contributed by atoms with Gasteiger partial charge in [-0.15, -0.1) is 0 Å². The van der Waals surface area contributed by atoms with Gasteiger partial charge in [0.05, 0.1) is 28.7 Å². The van der Waals surface area contributed by atoms with E-state index in [1.807, 2.05) is 0 Å². The molecule has 3 rings (SSSR count). The molecule has 1 N–H and O–H groups in total. The summed E-state index contributed by atoms with van der Waals surface area (Å²) in [5.74, 6) is -0.234. The standard InChI is InChI=1S/C17H18ClFN4O/c18-15-9-12(19)5-6-14(15)16(24)22-13-10-20-17(21-11-13)23-7-3-1-2-4-8-23/h5-6,9-11H,1-4,7-8H2,(H,22,24). The fourth-order valence-electron chi connectivity index (χ4n) is 2.69. The van der Waals surface area contributed by atoms with Gasteiger partial charge >= 0.3 is 0 Å². The van der Waals surface area contributed by atoms with Crippen LogP contribution in [0, 0.1) is 5.82 Å². The molecule has 0 aliphatic carbocycles. The van der Waals surface area contributed by atoms with Gasteiger partial charge in [-0.05, 0) is 31.0 Å². The first-order chi connectivity index (χ1) is 11.6. The number of rotatable bonds is 3. The van der Waals surface area contributed by atoms with Gasteiger partial charge in [0.1, 0.15) is 5.82 Å². The molecule has 126 valence electrons. The van der Waals surface area contributed by atoms with Gasteiger partial charge in [-0.1, -0.05) is 24.4 Å². The number of aromatic nitrogens is 2. The highest BCUT2D eigenvalue weighted by Gasteiger charge is 2.14. The van der Waals surface area contributed by atoms with Crippen LogP contribution in [0.4, 0.5) is 16.0 Å². The molecule has 1 aliphatic heterocycles. The van der Waals surface area contributed by atoms with Crippen LogP contribution < -0.4 is 10.2 Å². The second kappa shape index (κ2) is 7.57. The Labute approximate surface area is 144 Å². The number of hydrogen-bond donors (Lipinski definition) is 1. The fourth-order valence-corrected chi connectivity index (χ4v) is 2.94. The highest BCUT2D eigenvalue weighted by molar-refractivity contribution is 6.34. The lowest BCUT2D eigenvalue weighted by atomic mass is 10.2. The first-order valence-corrected chi connectivity index (χ1v) is 8.35. The van der Waals surface area contributed by atoms with E-state index in [4.69, 9.17) is 11.6 Å². The summed E-state index contributed by atoms with van der Waals surface area (Å²) in [5, 5.41) is 2.74. The Balaban J connectivity index is 1.68. The smallest absolute Gasteiger partial charge is 0.257 e. The molecule has 1 aromatic carbocycles. The zero-order chi connectivity index (χ0) is 16.9. The summed E-state index contributed by atoms with van der Waals surface area (Å²) in [7, 11) is 0. The van der Waals surface area contributed by atoms with E-state index in [0.717, 1.165) is 32.0 Å². The molecular weight excluding hydrogens is 331 g/mol. The van der Waals surface area contributed by atoms with Crippen LogP contribution >= 0.6 is 11.6 Å². The van der Waals surface area contributed by atoms with E-state index in [9.17, 15) is 9.18 Å². The van der Waals surface area contributed by atoms with Crippen molar-refractivity contribution in [2.24, 2.45) is 0 Å². The second-order valence-corrected chi connectivity index (χ2v) is 6.16. The van der Waals surface area contributed by atoms with Crippen LogP contribution in [0.15, 0.2) is 30.6 Å². The van der Waals surface area contributed by atoms with Crippen molar-refractivity contribution in [2.45, 2.75) is 25.7 Å². The van der Waals surface area contributed by atoms with E-state index in [2.05, 4.69) is 20.2 Å². The Bertz CT molecular complexity index is 715. The Morgan fingerprint density at radius 3 is 2.42 bits per heavy atom. The van der Waals surface area contributed by atoms with Crippen molar-refractivity contribution in [1.82, 2.24) is 9.97 Å². The summed E-state index contributed by atoms with van der Waals surface area (Å²) in [4.78, 5) is 23.0. The summed E-state index contributed by atoms with van der Waals surface area (Å²) in [6.07, 6.45) is 7.91. The van der Waals surface area contributed by atoms with Crippen LogP contribution in [-0.2, 0) is 0 Å². The first-order valence-electron chi connectivity index (χ1n) is 7.97. The highest BCUT2D eigenvalue weighted by Crippen LogP contribution is 2.20. The predicted octanol–water partition coefficient (Wildman–Crippen LogP) is 3.90. The monoisotopic (exact) mass is 348 g/mol. The molecule has 1 saturated heterocycles. The zero-order valence-electron chi connectivity index (χ0n) is 13.1. The lowest BCUT2D eigenvalue weighted by molar-refractivity contribution is 0.102. The van der Waals surface area contributed by atoms with Crippen molar-refractivity contribution in [1.29, 1.82) is 0 Å². The van der Waals surface area contributed by atoms with Gasteiger partial charge in [0, 0.05) is 13.1 Å². The van der Waals surface area contributed by atoms with Crippen molar-refractivity contribution in [3.63, 3.8) is 0 Å². The van der Waals surface area contributed by atoms with Crippen molar-refractivity contribution in [3.05, 3.63) is 47.0 Å². The van der Waals surface area contributed by atoms with Crippen molar-refractivity contribution < 1.29 is 9.18 Å². The van der Waals surface area contributed by atoms with Crippen LogP contribution in [0.2, 0.25) is 5.02 Å². The molecule has 1 aromatic heterocycles. The van der Waals surface area contributed by atoms with E-state index in [0.29, 0.717) is 11.6 Å². The van der Waals surface area contributed by atoms with Crippen LogP contribution in [0.1, 0.15) is 36.0 Å². The summed E-state index contributed by atoms with van der Waals surface area (Å²) < 4.78 is 13.0. The van der Waals surface area contributed by atoms with Gasteiger partial charge < -0.3 is 10.2 Å². The number of carbonyl (C=O) groups excluding carboxylic acids is 1. The van der Waals surface area contributed by atoms with E-state index < -0.39 is 11.7 Å². The number of amides is 1. The maximum atomic E-state index is 13.0. The molecular formula is C17H18ClFN4O. The lowest BCUT2D eigenvalue weighted by Crippen LogP contribution is -2.26. The van der Waals surface area contributed by atoms with Crippen molar-refractivity contribution in [3.8, 4) is 0 Å². The van der Waals surface area contributed by atoms with Crippen molar-refractivity contribution in [2.75, 3.05) is 23.3 Å². The molecule has 5 nitrogen and oxygen atoms in total.